The summed E-state index contributed by atoms with van der Waals surface area (Å²) in [5.74, 6) is 0.607. The third-order valence-electron chi connectivity index (χ3n) is 5.79. The molecular weight excluding hydrogens is 358 g/mol. The molecule has 0 radical (unpaired) electrons. The van der Waals surface area contributed by atoms with Gasteiger partial charge in [0.15, 0.2) is 9.84 Å². The van der Waals surface area contributed by atoms with Gasteiger partial charge in [0.2, 0.25) is 0 Å². The quantitative estimate of drug-likeness (QED) is 0.811. The highest BCUT2D eigenvalue weighted by atomic mass is 35.5. The van der Waals surface area contributed by atoms with Gasteiger partial charge in [0.25, 0.3) is 0 Å². The predicted molar refractivity (Wildman–Crippen MR) is 99.3 cm³/mol. The van der Waals surface area contributed by atoms with Crippen molar-refractivity contribution in [2.75, 3.05) is 0 Å². The molecule has 4 nitrogen and oxygen atoms in total. The minimum atomic E-state index is -3.31. The van der Waals surface area contributed by atoms with Crippen LogP contribution >= 0.6 is 11.6 Å². The van der Waals surface area contributed by atoms with E-state index >= 15 is 0 Å². The fourth-order valence-electron chi connectivity index (χ4n) is 4.09. The largest absolute Gasteiger partial charge is 0.327 e. The second-order valence-corrected chi connectivity index (χ2v) is 10.2. The first kappa shape index (κ1) is 18.9. The summed E-state index contributed by atoms with van der Waals surface area (Å²) in [6.07, 6.45) is 6.66. The van der Waals surface area contributed by atoms with Gasteiger partial charge in [-0.25, -0.2) is 8.42 Å². The normalized spacial score (nSPS) is 29.8. The fraction of sp³-hybridized carbons (Fsp3) is 0.632. The summed E-state index contributed by atoms with van der Waals surface area (Å²) in [6, 6.07) is 6.46. The first-order valence-electron chi connectivity index (χ1n) is 9.15. The van der Waals surface area contributed by atoms with E-state index in [0.29, 0.717) is 35.1 Å². The number of Topliss-reactive ketones (excluding diaryl/α,β-unsaturated/α-hetero) is 1. The van der Waals surface area contributed by atoms with Crippen LogP contribution in [0.2, 0.25) is 5.02 Å². The highest BCUT2D eigenvalue weighted by Gasteiger charge is 2.40. The van der Waals surface area contributed by atoms with Gasteiger partial charge in [-0.05, 0) is 56.2 Å². The van der Waals surface area contributed by atoms with E-state index in [1.165, 1.54) is 6.07 Å². The van der Waals surface area contributed by atoms with E-state index < -0.39 is 9.84 Å². The number of rotatable bonds is 6. The maximum Gasteiger partial charge on any atom is 0.181 e. The Bertz CT molecular complexity index is 728. The first-order chi connectivity index (χ1) is 11.9. The SMILES string of the molecule is N[C@@H]1CCCC[C@H]1C(=O)CCC1CC(S(=O)(=O)c2cccc(Cl)c2)C1. The fourth-order valence-corrected chi connectivity index (χ4v) is 6.34. The van der Waals surface area contributed by atoms with Crippen molar-refractivity contribution in [1.82, 2.24) is 0 Å². The Morgan fingerprint density at radius 2 is 1.92 bits per heavy atom. The molecule has 25 heavy (non-hydrogen) atoms. The zero-order valence-corrected chi connectivity index (χ0v) is 15.9. The molecule has 1 aromatic rings. The number of carbonyl (C=O) groups excluding carboxylic acids is 1. The van der Waals surface area contributed by atoms with Crippen LogP contribution in [0.25, 0.3) is 0 Å². The number of sulfone groups is 1. The molecule has 138 valence electrons. The van der Waals surface area contributed by atoms with Gasteiger partial charge in [-0.1, -0.05) is 30.5 Å². The zero-order valence-electron chi connectivity index (χ0n) is 14.4. The van der Waals surface area contributed by atoms with E-state index in [9.17, 15) is 13.2 Å². The summed E-state index contributed by atoms with van der Waals surface area (Å²) in [4.78, 5) is 12.7. The lowest BCUT2D eigenvalue weighted by Crippen LogP contribution is -2.39. The Kier molecular flexibility index (Phi) is 5.86. The molecule has 3 rings (SSSR count). The van der Waals surface area contributed by atoms with Crippen molar-refractivity contribution < 1.29 is 13.2 Å². The first-order valence-corrected chi connectivity index (χ1v) is 11.1. The average Bonchev–Trinajstić information content (AvgIpc) is 2.53. The summed E-state index contributed by atoms with van der Waals surface area (Å²) in [7, 11) is -3.31. The summed E-state index contributed by atoms with van der Waals surface area (Å²) in [6.45, 7) is 0. The molecule has 6 heteroatoms. The zero-order chi connectivity index (χ0) is 18.0. The molecule has 2 N–H and O–H groups in total. The molecule has 0 aromatic heterocycles. The molecular formula is C19H26ClNO3S. The molecule has 0 saturated heterocycles. The van der Waals surface area contributed by atoms with E-state index in [4.69, 9.17) is 17.3 Å². The second-order valence-electron chi connectivity index (χ2n) is 7.52. The van der Waals surface area contributed by atoms with Crippen molar-refractivity contribution in [1.29, 1.82) is 0 Å². The Hall–Kier alpha value is -0.910. The number of hydrogen-bond donors (Lipinski definition) is 1. The Labute approximate surface area is 155 Å². The monoisotopic (exact) mass is 383 g/mol. The van der Waals surface area contributed by atoms with Crippen LogP contribution in [-0.2, 0) is 14.6 Å². The van der Waals surface area contributed by atoms with Gasteiger partial charge in [-0.15, -0.1) is 0 Å². The van der Waals surface area contributed by atoms with Crippen LogP contribution in [-0.4, -0.2) is 25.5 Å². The Morgan fingerprint density at radius 1 is 1.20 bits per heavy atom. The Balaban J connectivity index is 1.48. The highest BCUT2D eigenvalue weighted by Crippen LogP contribution is 2.39. The number of hydrogen-bond acceptors (Lipinski definition) is 4. The number of ketones is 1. The van der Waals surface area contributed by atoms with Crippen LogP contribution in [0.3, 0.4) is 0 Å². The summed E-state index contributed by atoms with van der Waals surface area (Å²) in [5.41, 5.74) is 6.08. The van der Waals surface area contributed by atoms with Crippen molar-refractivity contribution >= 4 is 27.2 Å². The minimum Gasteiger partial charge on any atom is -0.327 e. The van der Waals surface area contributed by atoms with E-state index in [1.807, 2.05) is 0 Å². The van der Waals surface area contributed by atoms with Crippen LogP contribution in [0.15, 0.2) is 29.2 Å². The summed E-state index contributed by atoms with van der Waals surface area (Å²) in [5, 5.41) is 0.0920. The third kappa shape index (κ3) is 4.26. The van der Waals surface area contributed by atoms with Crippen LogP contribution in [0.4, 0.5) is 0 Å². The van der Waals surface area contributed by atoms with E-state index in [-0.39, 0.29) is 23.0 Å². The highest BCUT2D eigenvalue weighted by molar-refractivity contribution is 7.92. The smallest absolute Gasteiger partial charge is 0.181 e. The van der Waals surface area contributed by atoms with Crippen LogP contribution < -0.4 is 5.73 Å². The summed E-state index contributed by atoms with van der Waals surface area (Å²) >= 11 is 5.90. The number of benzene rings is 1. The van der Waals surface area contributed by atoms with E-state index in [1.54, 1.807) is 18.2 Å². The van der Waals surface area contributed by atoms with Crippen molar-refractivity contribution in [2.45, 2.75) is 67.6 Å². The molecule has 2 aliphatic rings. The van der Waals surface area contributed by atoms with Gasteiger partial charge in [-0.2, -0.15) is 0 Å². The molecule has 2 aliphatic carbocycles. The van der Waals surface area contributed by atoms with Gasteiger partial charge in [0.1, 0.15) is 5.78 Å². The molecule has 0 heterocycles. The number of carbonyl (C=O) groups is 1. The van der Waals surface area contributed by atoms with Gasteiger partial charge < -0.3 is 5.73 Å². The lowest BCUT2D eigenvalue weighted by atomic mass is 9.77. The topological polar surface area (TPSA) is 77.2 Å². The predicted octanol–water partition coefficient (Wildman–Crippen LogP) is 3.76. The standard InChI is InChI=1S/C19H26ClNO3S/c20-14-4-3-5-15(12-14)25(23,24)16-10-13(11-16)8-9-19(22)17-6-1-2-7-18(17)21/h3-5,12-13,16-18H,1-2,6-11,21H2/t13?,16?,17-,18-/m1/s1. The van der Waals surface area contributed by atoms with Crippen LogP contribution in [0.5, 0.6) is 0 Å². The lowest BCUT2D eigenvalue weighted by molar-refractivity contribution is -0.124. The number of nitrogens with two attached hydrogens (primary N) is 1. The molecule has 0 unspecified atom stereocenters. The van der Waals surface area contributed by atoms with Gasteiger partial charge in [0, 0.05) is 23.4 Å². The maximum absolute atomic E-state index is 12.6. The molecule has 0 aliphatic heterocycles. The number of halogens is 1. The van der Waals surface area contributed by atoms with Gasteiger partial charge in [0.05, 0.1) is 10.1 Å². The molecule has 0 spiro atoms. The maximum atomic E-state index is 12.6. The average molecular weight is 384 g/mol. The van der Waals surface area contributed by atoms with Crippen molar-refractivity contribution in [3.8, 4) is 0 Å². The van der Waals surface area contributed by atoms with E-state index in [0.717, 1.165) is 32.1 Å². The van der Waals surface area contributed by atoms with E-state index in [2.05, 4.69) is 0 Å². The van der Waals surface area contributed by atoms with Crippen LogP contribution in [0.1, 0.15) is 51.4 Å². The van der Waals surface area contributed by atoms with Crippen molar-refractivity contribution in [3.63, 3.8) is 0 Å². The summed E-state index contributed by atoms with van der Waals surface area (Å²) < 4.78 is 25.2. The molecule has 2 atom stereocenters. The molecule has 0 bridgehead atoms. The Morgan fingerprint density at radius 3 is 2.60 bits per heavy atom. The van der Waals surface area contributed by atoms with Crippen molar-refractivity contribution in [3.05, 3.63) is 29.3 Å². The lowest BCUT2D eigenvalue weighted by Gasteiger charge is -2.35. The van der Waals surface area contributed by atoms with Crippen LogP contribution in [0, 0.1) is 11.8 Å². The van der Waals surface area contributed by atoms with Crippen molar-refractivity contribution in [2.24, 2.45) is 17.6 Å². The third-order valence-corrected chi connectivity index (χ3v) is 8.20. The second kappa shape index (κ2) is 7.77. The minimum absolute atomic E-state index is 0.0126. The van der Waals surface area contributed by atoms with Gasteiger partial charge >= 0.3 is 0 Å². The molecule has 2 saturated carbocycles. The molecule has 2 fully saturated rings. The molecule has 1 aromatic carbocycles. The molecule has 0 amide bonds. The van der Waals surface area contributed by atoms with Gasteiger partial charge in [-0.3, -0.25) is 4.79 Å².